The fourth-order valence-corrected chi connectivity index (χ4v) is 2.64. The van der Waals surface area contributed by atoms with Gasteiger partial charge in [0.2, 0.25) is 15.9 Å². The first-order chi connectivity index (χ1) is 9.39. The van der Waals surface area contributed by atoms with E-state index in [2.05, 4.69) is 10.0 Å². The van der Waals surface area contributed by atoms with Crippen LogP contribution in [-0.4, -0.2) is 27.4 Å². The van der Waals surface area contributed by atoms with Crippen LogP contribution in [0.5, 0.6) is 0 Å². The molecule has 6 nitrogen and oxygen atoms in total. The molecular formula is C13H21N3O3S. The highest BCUT2D eigenvalue weighted by molar-refractivity contribution is 7.89. The van der Waals surface area contributed by atoms with Crippen LogP contribution in [0.3, 0.4) is 0 Å². The number of anilines is 1. The summed E-state index contributed by atoms with van der Waals surface area (Å²) in [5, 5.41) is 2.71. The highest BCUT2D eigenvalue weighted by Gasteiger charge is 2.12. The molecule has 1 unspecified atom stereocenters. The van der Waals surface area contributed by atoms with Crippen molar-refractivity contribution in [3.63, 3.8) is 0 Å². The molecule has 0 spiro atoms. The first kappa shape index (κ1) is 16.6. The molecule has 1 aromatic carbocycles. The van der Waals surface area contributed by atoms with Crippen LogP contribution >= 0.6 is 0 Å². The van der Waals surface area contributed by atoms with Gasteiger partial charge in [-0.05, 0) is 36.7 Å². The highest BCUT2D eigenvalue weighted by atomic mass is 32.2. The second-order valence-electron chi connectivity index (χ2n) is 4.62. The molecule has 0 aliphatic rings. The average molecular weight is 299 g/mol. The first-order valence-corrected chi connectivity index (χ1v) is 7.97. The van der Waals surface area contributed by atoms with Gasteiger partial charge >= 0.3 is 0 Å². The molecule has 0 saturated carbocycles. The lowest BCUT2D eigenvalue weighted by molar-refractivity contribution is -0.116. The highest BCUT2D eigenvalue weighted by Crippen LogP contribution is 2.14. The van der Waals surface area contributed by atoms with Gasteiger partial charge in [0.25, 0.3) is 0 Å². The van der Waals surface area contributed by atoms with Crippen LogP contribution in [0.25, 0.3) is 0 Å². The normalized spacial score (nSPS) is 12.9. The van der Waals surface area contributed by atoms with Gasteiger partial charge in [-0.25, -0.2) is 13.1 Å². The summed E-state index contributed by atoms with van der Waals surface area (Å²) in [7, 11) is -3.46. The van der Waals surface area contributed by atoms with Crippen LogP contribution in [0.15, 0.2) is 29.2 Å². The zero-order valence-corrected chi connectivity index (χ0v) is 12.5. The number of carbonyl (C=O) groups is 1. The molecule has 0 bridgehead atoms. The lowest BCUT2D eigenvalue weighted by Gasteiger charge is -2.10. The van der Waals surface area contributed by atoms with Crippen LogP contribution in [0.2, 0.25) is 0 Å². The molecule has 7 heteroatoms. The van der Waals surface area contributed by atoms with E-state index in [1.165, 1.54) is 12.1 Å². The number of hydrogen-bond donors (Lipinski definition) is 3. The Hall–Kier alpha value is -1.44. The zero-order chi connectivity index (χ0) is 15.2. The van der Waals surface area contributed by atoms with Gasteiger partial charge in [-0.2, -0.15) is 0 Å². The standard InChI is InChI=1S/C13H21N3O3S/c1-3-15-20(18,19)12-6-4-11(5-7-12)16-13(17)8-10(2)9-14/h4-7,10,15H,3,8-9,14H2,1-2H3,(H,16,17). The maximum atomic E-state index is 11.7. The van der Waals surface area contributed by atoms with Gasteiger partial charge in [-0.3, -0.25) is 4.79 Å². The Bertz CT molecular complexity index is 540. The van der Waals surface area contributed by atoms with E-state index >= 15 is 0 Å². The van der Waals surface area contributed by atoms with Gasteiger partial charge in [0.1, 0.15) is 0 Å². The third-order valence-corrected chi connectivity index (χ3v) is 4.28. The predicted molar refractivity (Wildman–Crippen MR) is 78.8 cm³/mol. The second kappa shape index (κ2) is 7.37. The molecule has 1 rings (SSSR count). The Morgan fingerprint density at radius 2 is 1.90 bits per heavy atom. The summed E-state index contributed by atoms with van der Waals surface area (Å²) in [6.07, 6.45) is 0.341. The molecule has 0 aliphatic heterocycles. The van der Waals surface area contributed by atoms with Crippen LogP contribution < -0.4 is 15.8 Å². The van der Waals surface area contributed by atoms with E-state index in [-0.39, 0.29) is 16.7 Å². The first-order valence-electron chi connectivity index (χ1n) is 6.48. The van der Waals surface area contributed by atoms with Gasteiger partial charge in [0.05, 0.1) is 4.90 Å². The molecule has 1 aromatic rings. The number of nitrogens with one attached hydrogen (secondary N) is 2. The Morgan fingerprint density at radius 1 is 1.30 bits per heavy atom. The molecule has 112 valence electrons. The molecule has 20 heavy (non-hydrogen) atoms. The number of carbonyl (C=O) groups excluding carboxylic acids is 1. The van der Waals surface area contributed by atoms with E-state index in [4.69, 9.17) is 5.73 Å². The van der Waals surface area contributed by atoms with E-state index < -0.39 is 10.0 Å². The van der Waals surface area contributed by atoms with Gasteiger partial charge in [-0.15, -0.1) is 0 Å². The monoisotopic (exact) mass is 299 g/mol. The number of amides is 1. The Kier molecular flexibility index (Phi) is 6.12. The lowest BCUT2D eigenvalue weighted by Crippen LogP contribution is -2.23. The van der Waals surface area contributed by atoms with Crippen molar-refractivity contribution in [2.45, 2.75) is 25.2 Å². The van der Waals surface area contributed by atoms with Crippen molar-refractivity contribution >= 4 is 21.6 Å². The van der Waals surface area contributed by atoms with Crippen molar-refractivity contribution in [2.24, 2.45) is 11.7 Å². The minimum Gasteiger partial charge on any atom is -0.330 e. The van der Waals surface area contributed by atoms with Crippen LogP contribution in [0, 0.1) is 5.92 Å². The topological polar surface area (TPSA) is 101 Å². The molecule has 0 fully saturated rings. The average Bonchev–Trinajstić information content (AvgIpc) is 2.39. The van der Waals surface area contributed by atoms with Crippen LogP contribution in [-0.2, 0) is 14.8 Å². The van der Waals surface area contributed by atoms with Gasteiger partial charge in [0, 0.05) is 18.7 Å². The maximum absolute atomic E-state index is 11.7. The number of sulfonamides is 1. The summed E-state index contributed by atoms with van der Waals surface area (Å²) in [6, 6.07) is 6.05. The van der Waals surface area contributed by atoms with E-state index in [1.54, 1.807) is 19.1 Å². The molecule has 4 N–H and O–H groups in total. The zero-order valence-electron chi connectivity index (χ0n) is 11.7. The van der Waals surface area contributed by atoms with E-state index in [0.717, 1.165) is 0 Å². The summed E-state index contributed by atoms with van der Waals surface area (Å²) < 4.78 is 25.9. The Balaban J connectivity index is 2.70. The summed E-state index contributed by atoms with van der Waals surface area (Å²) in [4.78, 5) is 11.8. The van der Waals surface area contributed by atoms with Crippen molar-refractivity contribution < 1.29 is 13.2 Å². The minimum absolute atomic E-state index is 0.114. The fraction of sp³-hybridized carbons (Fsp3) is 0.462. The largest absolute Gasteiger partial charge is 0.330 e. The summed E-state index contributed by atoms with van der Waals surface area (Å²) in [5.74, 6) is -0.0198. The predicted octanol–water partition coefficient (Wildman–Crippen LogP) is 0.908. The van der Waals surface area contributed by atoms with Crippen molar-refractivity contribution in [2.75, 3.05) is 18.4 Å². The van der Waals surface area contributed by atoms with Crippen molar-refractivity contribution in [3.05, 3.63) is 24.3 Å². The third kappa shape index (κ3) is 4.92. The van der Waals surface area contributed by atoms with Gasteiger partial charge in [0.15, 0.2) is 0 Å². The second-order valence-corrected chi connectivity index (χ2v) is 6.39. The maximum Gasteiger partial charge on any atom is 0.240 e. The van der Waals surface area contributed by atoms with Crippen molar-refractivity contribution in [1.29, 1.82) is 0 Å². The smallest absolute Gasteiger partial charge is 0.240 e. The van der Waals surface area contributed by atoms with Crippen molar-refractivity contribution in [3.8, 4) is 0 Å². The molecule has 0 radical (unpaired) electrons. The van der Waals surface area contributed by atoms with E-state index in [0.29, 0.717) is 25.2 Å². The SMILES string of the molecule is CCNS(=O)(=O)c1ccc(NC(=O)CC(C)CN)cc1. The quantitative estimate of drug-likeness (QED) is 0.696. The van der Waals surface area contributed by atoms with Crippen LogP contribution in [0.4, 0.5) is 5.69 Å². The minimum atomic E-state index is -3.46. The van der Waals surface area contributed by atoms with Crippen LogP contribution in [0.1, 0.15) is 20.3 Å². The van der Waals surface area contributed by atoms with Gasteiger partial charge < -0.3 is 11.1 Å². The molecule has 0 heterocycles. The van der Waals surface area contributed by atoms with E-state index in [1.807, 2.05) is 6.92 Å². The molecule has 1 atom stereocenters. The van der Waals surface area contributed by atoms with E-state index in [9.17, 15) is 13.2 Å². The number of rotatable bonds is 7. The molecular weight excluding hydrogens is 278 g/mol. The molecule has 1 amide bonds. The van der Waals surface area contributed by atoms with Gasteiger partial charge in [-0.1, -0.05) is 13.8 Å². The molecule has 0 aromatic heterocycles. The lowest BCUT2D eigenvalue weighted by atomic mass is 10.1. The Labute approximate surface area is 119 Å². The summed E-state index contributed by atoms with van der Waals surface area (Å²) in [6.45, 7) is 4.39. The number of nitrogens with two attached hydrogens (primary N) is 1. The molecule has 0 saturated heterocycles. The molecule has 0 aliphatic carbocycles. The summed E-state index contributed by atoms with van der Waals surface area (Å²) in [5.41, 5.74) is 6.02. The third-order valence-electron chi connectivity index (χ3n) is 2.72. The number of hydrogen-bond acceptors (Lipinski definition) is 4. The van der Waals surface area contributed by atoms with Crippen molar-refractivity contribution in [1.82, 2.24) is 4.72 Å². The summed E-state index contributed by atoms with van der Waals surface area (Å²) >= 11 is 0. The fourth-order valence-electron chi connectivity index (χ4n) is 1.60. The Morgan fingerprint density at radius 3 is 2.40 bits per heavy atom. The number of benzene rings is 1.